The van der Waals surface area contributed by atoms with Gasteiger partial charge in [-0.1, -0.05) is 15.9 Å². The summed E-state index contributed by atoms with van der Waals surface area (Å²) in [5.41, 5.74) is 0.865. The first kappa shape index (κ1) is 15.5. The third kappa shape index (κ3) is 3.39. The standard InChI is InChI=1S/C13H17BrN2O3S/c1-9-7-11(4-5-12(9)14)20(18,19)15-10-3-6-13(17)16(2)8-10/h4-5,7,10,15H,3,6,8H2,1-2H3. The summed E-state index contributed by atoms with van der Waals surface area (Å²) in [6.07, 6.45) is 0.918. The molecule has 0 aliphatic carbocycles. The van der Waals surface area contributed by atoms with Crippen LogP contribution in [0.2, 0.25) is 0 Å². The van der Waals surface area contributed by atoms with Crippen molar-refractivity contribution < 1.29 is 13.2 Å². The van der Waals surface area contributed by atoms with Crippen LogP contribution in [-0.4, -0.2) is 38.9 Å². The first-order valence-corrected chi connectivity index (χ1v) is 8.59. The molecular formula is C13H17BrN2O3S. The topological polar surface area (TPSA) is 66.5 Å². The number of hydrogen-bond donors (Lipinski definition) is 1. The molecule has 1 unspecified atom stereocenters. The highest BCUT2D eigenvalue weighted by Crippen LogP contribution is 2.21. The van der Waals surface area contributed by atoms with Gasteiger partial charge in [-0.2, -0.15) is 0 Å². The van der Waals surface area contributed by atoms with E-state index >= 15 is 0 Å². The summed E-state index contributed by atoms with van der Waals surface area (Å²) in [5.74, 6) is 0.0555. The molecule has 1 aromatic rings. The van der Waals surface area contributed by atoms with Crippen molar-refractivity contribution in [2.24, 2.45) is 0 Å². The Kier molecular flexibility index (Phi) is 4.51. The molecule has 0 spiro atoms. The van der Waals surface area contributed by atoms with E-state index in [-0.39, 0.29) is 16.8 Å². The Morgan fingerprint density at radius 1 is 1.40 bits per heavy atom. The number of sulfonamides is 1. The third-order valence-electron chi connectivity index (χ3n) is 3.39. The van der Waals surface area contributed by atoms with Crippen molar-refractivity contribution in [2.75, 3.05) is 13.6 Å². The van der Waals surface area contributed by atoms with Crippen molar-refractivity contribution in [3.8, 4) is 0 Å². The molecule has 1 amide bonds. The predicted octanol–water partition coefficient (Wildman–Crippen LogP) is 1.66. The number of carbonyl (C=O) groups excluding carboxylic acids is 1. The summed E-state index contributed by atoms with van der Waals surface area (Å²) in [4.78, 5) is 13.2. The van der Waals surface area contributed by atoms with E-state index in [4.69, 9.17) is 0 Å². The van der Waals surface area contributed by atoms with E-state index < -0.39 is 10.0 Å². The molecule has 1 fully saturated rings. The van der Waals surface area contributed by atoms with Gasteiger partial charge < -0.3 is 4.90 Å². The number of hydrogen-bond acceptors (Lipinski definition) is 3. The van der Waals surface area contributed by atoms with Gasteiger partial charge in [0.1, 0.15) is 0 Å². The van der Waals surface area contributed by atoms with Crippen LogP contribution in [0, 0.1) is 6.92 Å². The summed E-state index contributed by atoms with van der Waals surface area (Å²) in [6.45, 7) is 2.25. The molecule has 1 heterocycles. The van der Waals surface area contributed by atoms with Crippen LogP contribution in [0.15, 0.2) is 27.6 Å². The third-order valence-corrected chi connectivity index (χ3v) is 5.80. The van der Waals surface area contributed by atoms with Gasteiger partial charge in [0.05, 0.1) is 4.90 Å². The highest BCUT2D eigenvalue weighted by atomic mass is 79.9. The van der Waals surface area contributed by atoms with Crippen LogP contribution in [0.4, 0.5) is 0 Å². The van der Waals surface area contributed by atoms with Crippen molar-refractivity contribution >= 4 is 31.9 Å². The predicted molar refractivity (Wildman–Crippen MR) is 79.9 cm³/mol. The van der Waals surface area contributed by atoms with Crippen molar-refractivity contribution in [1.82, 2.24) is 9.62 Å². The van der Waals surface area contributed by atoms with Gasteiger partial charge in [-0.3, -0.25) is 4.79 Å². The zero-order valence-corrected chi connectivity index (χ0v) is 13.8. The lowest BCUT2D eigenvalue weighted by molar-refractivity contribution is -0.132. The quantitative estimate of drug-likeness (QED) is 0.891. The molecule has 2 rings (SSSR count). The van der Waals surface area contributed by atoms with Crippen LogP contribution in [0.5, 0.6) is 0 Å². The van der Waals surface area contributed by atoms with E-state index in [1.165, 1.54) is 0 Å². The Balaban J connectivity index is 2.15. The van der Waals surface area contributed by atoms with E-state index in [1.807, 2.05) is 6.92 Å². The van der Waals surface area contributed by atoms with Gasteiger partial charge in [-0.25, -0.2) is 13.1 Å². The van der Waals surface area contributed by atoms with Gasteiger partial charge in [0.25, 0.3) is 0 Å². The van der Waals surface area contributed by atoms with Gasteiger partial charge in [-0.15, -0.1) is 0 Å². The van der Waals surface area contributed by atoms with Crippen LogP contribution in [0.3, 0.4) is 0 Å². The number of likely N-dealkylation sites (N-methyl/N-ethyl adjacent to an activating group) is 1. The van der Waals surface area contributed by atoms with Crippen molar-refractivity contribution in [1.29, 1.82) is 0 Å². The van der Waals surface area contributed by atoms with Crippen LogP contribution in [-0.2, 0) is 14.8 Å². The maximum atomic E-state index is 12.3. The van der Waals surface area contributed by atoms with Gasteiger partial charge in [0.2, 0.25) is 15.9 Å². The Morgan fingerprint density at radius 3 is 2.70 bits per heavy atom. The molecule has 1 aliphatic rings. The molecule has 1 N–H and O–H groups in total. The van der Waals surface area contributed by atoms with Gasteiger partial charge in [0.15, 0.2) is 0 Å². The molecule has 0 bridgehead atoms. The fourth-order valence-corrected chi connectivity index (χ4v) is 3.77. The molecule has 20 heavy (non-hydrogen) atoms. The summed E-state index contributed by atoms with van der Waals surface area (Å²) < 4.78 is 28.2. The van der Waals surface area contributed by atoms with E-state index in [0.717, 1.165) is 10.0 Å². The number of carbonyl (C=O) groups is 1. The molecule has 1 aliphatic heterocycles. The first-order valence-electron chi connectivity index (χ1n) is 6.32. The molecule has 1 saturated heterocycles. The summed E-state index contributed by atoms with van der Waals surface area (Å²) in [5, 5.41) is 0. The number of nitrogens with zero attached hydrogens (tertiary/aromatic N) is 1. The number of rotatable bonds is 3. The number of nitrogens with one attached hydrogen (secondary N) is 1. The number of likely N-dealkylation sites (tertiary alicyclic amines) is 1. The molecular weight excluding hydrogens is 344 g/mol. The molecule has 5 nitrogen and oxygen atoms in total. The number of aryl methyl sites for hydroxylation is 1. The Bertz CT molecular complexity index is 631. The molecule has 0 saturated carbocycles. The smallest absolute Gasteiger partial charge is 0.240 e. The summed E-state index contributed by atoms with van der Waals surface area (Å²) >= 11 is 3.35. The lowest BCUT2D eigenvalue weighted by atomic mass is 10.1. The molecule has 0 radical (unpaired) electrons. The van der Waals surface area contributed by atoms with Crippen molar-refractivity contribution in [3.05, 3.63) is 28.2 Å². The van der Waals surface area contributed by atoms with Crippen LogP contribution < -0.4 is 4.72 Å². The van der Waals surface area contributed by atoms with E-state index in [0.29, 0.717) is 19.4 Å². The zero-order valence-electron chi connectivity index (χ0n) is 11.4. The molecule has 110 valence electrons. The minimum Gasteiger partial charge on any atom is -0.344 e. The van der Waals surface area contributed by atoms with E-state index in [1.54, 1.807) is 30.1 Å². The molecule has 1 aromatic carbocycles. The van der Waals surface area contributed by atoms with Crippen molar-refractivity contribution in [3.63, 3.8) is 0 Å². The molecule has 0 aromatic heterocycles. The highest BCUT2D eigenvalue weighted by Gasteiger charge is 2.27. The number of amides is 1. The fourth-order valence-electron chi connectivity index (χ4n) is 2.18. The zero-order chi connectivity index (χ0) is 14.9. The van der Waals surface area contributed by atoms with Gasteiger partial charge in [-0.05, 0) is 37.1 Å². The van der Waals surface area contributed by atoms with E-state index in [9.17, 15) is 13.2 Å². The van der Waals surface area contributed by atoms with Gasteiger partial charge in [0, 0.05) is 30.5 Å². The first-order chi connectivity index (χ1) is 9.29. The van der Waals surface area contributed by atoms with Crippen LogP contribution >= 0.6 is 15.9 Å². The van der Waals surface area contributed by atoms with E-state index in [2.05, 4.69) is 20.7 Å². The average Bonchev–Trinajstić information content (AvgIpc) is 2.37. The average molecular weight is 361 g/mol. The van der Waals surface area contributed by atoms with Crippen LogP contribution in [0.1, 0.15) is 18.4 Å². The number of benzene rings is 1. The minimum absolute atomic E-state index is 0.0555. The monoisotopic (exact) mass is 360 g/mol. The maximum absolute atomic E-state index is 12.3. The van der Waals surface area contributed by atoms with Crippen molar-refractivity contribution in [2.45, 2.75) is 30.7 Å². The van der Waals surface area contributed by atoms with Gasteiger partial charge >= 0.3 is 0 Å². The fraction of sp³-hybridized carbons (Fsp3) is 0.462. The Hall–Kier alpha value is -0.920. The second-order valence-corrected chi connectivity index (χ2v) is 7.61. The second-order valence-electron chi connectivity index (χ2n) is 5.04. The summed E-state index contributed by atoms with van der Waals surface area (Å²) in [7, 11) is -1.86. The van der Waals surface area contributed by atoms with Crippen LogP contribution in [0.25, 0.3) is 0 Å². The normalized spacial score (nSPS) is 20.2. The Labute approximate surface area is 127 Å². The highest BCUT2D eigenvalue weighted by molar-refractivity contribution is 9.10. The SMILES string of the molecule is Cc1cc(S(=O)(=O)NC2CCC(=O)N(C)C2)ccc1Br. The Morgan fingerprint density at radius 2 is 2.10 bits per heavy atom. The number of piperidine rings is 1. The summed E-state index contributed by atoms with van der Waals surface area (Å²) in [6, 6.07) is 4.69. The maximum Gasteiger partial charge on any atom is 0.240 e. The lowest BCUT2D eigenvalue weighted by Crippen LogP contribution is -2.48. The largest absolute Gasteiger partial charge is 0.344 e. The minimum atomic E-state index is -3.55. The number of halogens is 1. The lowest BCUT2D eigenvalue weighted by Gasteiger charge is -2.29. The second kappa shape index (κ2) is 5.83. The molecule has 1 atom stereocenters. The molecule has 7 heteroatoms.